The minimum atomic E-state index is 0.596. The van der Waals surface area contributed by atoms with Crippen LogP contribution in [-0.2, 0) is 0 Å². The van der Waals surface area contributed by atoms with E-state index in [1.165, 1.54) is 38.8 Å². The van der Waals surface area contributed by atoms with Gasteiger partial charge < -0.3 is 0 Å². The Morgan fingerprint density at radius 2 is 2.00 bits per heavy atom. The molecule has 76 valence electrons. The summed E-state index contributed by atoms with van der Waals surface area (Å²) in [5.74, 6) is 0. The molecule has 0 aromatic heterocycles. The van der Waals surface area contributed by atoms with Crippen LogP contribution in [0.1, 0.15) is 46.0 Å². The van der Waals surface area contributed by atoms with E-state index in [0.29, 0.717) is 5.54 Å². The fourth-order valence-corrected chi connectivity index (χ4v) is 2.14. The standard InChI is InChI=1S/C12H23N/c1-4-7-11-13(10-5-2)12(6-3)8-9-12/h4H,1,5-11H2,2-3H3. The summed E-state index contributed by atoms with van der Waals surface area (Å²) in [5.41, 5.74) is 0.596. The van der Waals surface area contributed by atoms with Crippen LogP contribution in [0.3, 0.4) is 0 Å². The second-order valence-corrected chi connectivity index (χ2v) is 4.14. The topological polar surface area (TPSA) is 3.24 Å². The summed E-state index contributed by atoms with van der Waals surface area (Å²) in [6.07, 6.45) is 8.61. The number of rotatable bonds is 7. The number of nitrogens with zero attached hydrogens (tertiary/aromatic N) is 1. The summed E-state index contributed by atoms with van der Waals surface area (Å²) >= 11 is 0. The molecule has 1 aliphatic rings. The van der Waals surface area contributed by atoms with Crippen LogP contribution in [0.15, 0.2) is 12.7 Å². The molecule has 0 aromatic carbocycles. The van der Waals surface area contributed by atoms with Crippen LogP contribution in [-0.4, -0.2) is 23.5 Å². The van der Waals surface area contributed by atoms with E-state index in [-0.39, 0.29) is 0 Å². The lowest BCUT2D eigenvalue weighted by molar-refractivity contribution is 0.174. The molecule has 1 heteroatoms. The summed E-state index contributed by atoms with van der Waals surface area (Å²) in [4.78, 5) is 2.68. The smallest absolute Gasteiger partial charge is 0.0208 e. The molecule has 0 saturated heterocycles. The van der Waals surface area contributed by atoms with Crippen LogP contribution in [0.2, 0.25) is 0 Å². The van der Waals surface area contributed by atoms with Gasteiger partial charge >= 0.3 is 0 Å². The number of hydrogen-bond acceptors (Lipinski definition) is 1. The summed E-state index contributed by atoms with van der Waals surface area (Å²) in [6.45, 7) is 10.9. The molecule has 0 heterocycles. The molecular formula is C12H23N. The van der Waals surface area contributed by atoms with Crippen molar-refractivity contribution in [1.29, 1.82) is 0 Å². The SMILES string of the molecule is C=CCCN(CCC)C1(CC)CC1. The zero-order valence-electron chi connectivity index (χ0n) is 9.18. The second kappa shape index (κ2) is 4.80. The van der Waals surface area contributed by atoms with E-state index in [9.17, 15) is 0 Å². The van der Waals surface area contributed by atoms with Gasteiger partial charge in [0.2, 0.25) is 0 Å². The first-order valence-electron chi connectivity index (χ1n) is 5.65. The third-order valence-corrected chi connectivity index (χ3v) is 3.25. The van der Waals surface area contributed by atoms with Gasteiger partial charge in [-0.25, -0.2) is 0 Å². The number of hydrogen-bond donors (Lipinski definition) is 0. The van der Waals surface area contributed by atoms with E-state index in [4.69, 9.17) is 0 Å². The van der Waals surface area contributed by atoms with E-state index in [2.05, 4.69) is 25.3 Å². The molecule has 0 atom stereocenters. The van der Waals surface area contributed by atoms with Gasteiger partial charge in [-0.1, -0.05) is 19.9 Å². The zero-order chi connectivity index (χ0) is 9.73. The maximum atomic E-state index is 3.79. The van der Waals surface area contributed by atoms with Crippen LogP contribution in [0.25, 0.3) is 0 Å². The molecule has 1 rings (SSSR count). The van der Waals surface area contributed by atoms with E-state index in [0.717, 1.165) is 6.42 Å². The fraction of sp³-hybridized carbons (Fsp3) is 0.833. The normalized spacial score (nSPS) is 19.0. The van der Waals surface area contributed by atoms with E-state index in [1.54, 1.807) is 0 Å². The highest BCUT2D eigenvalue weighted by Gasteiger charge is 2.45. The van der Waals surface area contributed by atoms with Crippen LogP contribution in [0.5, 0.6) is 0 Å². The Bertz CT molecular complexity index is 159. The second-order valence-electron chi connectivity index (χ2n) is 4.14. The molecule has 0 aliphatic heterocycles. The van der Waals surface area contributed by atoms with Crippen molar-refractivity contribution < 1.29 is 0 Å². The lowest BCUT2D eigenvalue weighted by Gasteiger charge is -2.30. The third kappa shape index (κ3) is 2.57. The first-order valence-corrected chi connectivity index (χ1v) is 5.65. The monoisotopic (exact) mass is 181 g/mol. The first kappa shape index (κ1) is 10.8. The van der Waals surface area contributed by atoms with Crippen molar-refractivity contribution in [3.8, 4) is 0 Å². The van der Waals surface area contributed by atoms with Crippen molar-refractivity contribution >= 4 is 0 Å². The fourth-order valence-electron chi connectivity index (χ4n) is 2.14. The molecular weight excluding hydrogens is 158 g/mol. The predicted octanol–water partition coefficient (Wildman–Crippen LogP) is 3.22. The minimum absolute atomic E-state index is 0.596. The van der Waals surface area contributed by atoms with Gasteiger partial charge in [0.1, 0.15) is 0 Å². The molecule has 1 saturated carbocycles. The molecule has 0 amide bonds. The lowest BCUT2D eigenvalue weighted by atomic mass is 10.1. The minimum Gasteiger partial charge on any atom is -0.297 e. The Hall–Kier alpha value is -0.300. The lowest BCUT2D eigenvalue weighted by Crippen LogP contribution is -2.38. The van der Waals surface area contributed by atoms with Crippen LogP contribution < -0.4 is 0 Å². The Balaban J connectivity index is 2.41. The highest BCUT2D eigenvalue weighted by molar-refractivity contribution is 5.02. The zero-order valence-corrected chi connectivity index (χ0v) is 9.18. The Morgan fingerprint density at radius 3 is 2.38 bits per heavy atom. The quantitative estimate of drug-likeness (QED) is 0.545. The van der Waals surface area contributed by atoms with Crippen molar-refractivity contribution in [3.63, 3.8) is 0 Å². The molecule has 0 bridgehead atoms. The molecule has 1 aliphatic carbocycles. The Morgan fingerprint density at radius 1 is 1.31 bits per heavy atom. The summed E-state index contributed by atoms with van der Waals surface area (Å²) in [7, 11) is 0. The summed E-state index contributed by atoms with van der Waals surface area (Å²) < 4.78 is 0. The van der Waals surface area contributed by atoms with Gasteiger partial charge in [-0.05, 0) is 38.6 Å². The van der Waals surface area contributed by atoms with Gasteiger partial charge in [-0.3, -0.25) is 4.90 Å². The van der Waals surface area contributed by atoms with E-state index in [1.807, 2.05) is 6.08 Å². The molecule has 1 fully saturated rings. The average molecular weight is 181 g/mol. The summed E-state index contributed by atoms with van der Waals surface area (Å²) in [6, 6.07) is 0. The predicted molar refractivity (Wildman–Crippen MR) is 58.9 cm³/mol. The van der Waals surface area contributed by atoms with Crippen LogP contribution in [0, 0.1) is 0 Å². The molecule has 0 N–H and O–H groups in total. The highest BCUT2D eigenvalue weighted by Crippen LogP contribution is 2.44. The molecule has 13 heavy (non-hydrogen) atoms. The van der Waals surface area contributed by atoms with Gasteiger partial charge in [0.05, 0.1) is 0 Å². The van der Waals surface area contributed by atoms with Crippen LogP contribution >= 0.6 is 0 Å². The van der Waals surface area contributed by atoms with Crippen molar-refractivity contribution in [1.82, 2.24) is 4.90 Å². The molecule has 0 aromatic rings. The van der Waals surface area contributed by atoms with Crippen molar-refractivity contribution in [2.75, 3.05) is 13.1 Å². The first-order chi connectivity index (χ1) is 6.29. The van der Waals surface area contributed by atoms with Gasteiger partial charge in [0, 0.05) is 12.1 Å². The summed E-state index contributed by atoms with van der Waals surface area (Å²) in [5, 5.41) is 0. The average Bonchev–Trinajstić information content (AvgIpc) is 2.93. The largest absolute Gasteiger partial charge is 0.297 e. The van der Waals surface area contributed by atoms with Gasteiger partial charge in [0.25, 0.3) is 0 Å². The van der Waals surface area contributed by atoms with Crippen molar-refractivity contribution in [2.24, 2.45) is 0 Å². The van der Waals surface area contributed by atoms with Crippen molar-refractivity contribution in [2.45, 2.75) is 51.5 Å². The van der Waals surface area contributed by atoms with Gasteiger partial charge in [0.15, 0.2) is 0 Å². The Labute approximate surface area is 82.8 Å². The maximum absolute atomic E-state index is 3.79. The maximum Gasteiger partial charge on any atom is 0.0208 e. The molecule has 0 unspecified atom stereocenters. The molecule has 0 spiro atoms. The highest BCUT2D eigenvalue weighted by atomic mass is 15.2. The van der Waals surface area contributed by atoms with Gasteiger partial charge in [-0.15, -0.1) is 6.58 Å². The van der Waals surface area contributed by atoms with Gasteiger partial charge in [-0.2, -0.15) is 0 Å². The van der Waals surface area contributed by atoms with E-state index < -0.39 is 0 Å². The van der Waals surface area contributed by atoms with Crippen LogP contribution in [0.4, 0.5) is 0 Å². The molecule has 0 radical (unpaired) electrons. The van der Waals surface area contributed by atoms with E-state index >= 15 is 0 Å². The molecule has 1 nitrogen and oxygen atoms in total. The Kier molecular flexibility index (Phi) is 3.98. The third-order valence-electron chi connectivity index (χ3n) is 3.25. The van der Waals surface area contributed by atoms with Crippen molar-refractivity contribution in [3.05, 3.63) is 12.7 Å².